The molecule has 3 rings (SSSR count). The molecule has 6 heteroatoms. The summed E-state index contributed by atoms with van der Waals surface area (Å²) in [4.78, 5) is 19.9. The maximum Gasteiger partial charge on any atom is 0.260 e. The third-order valence-corrected chi connectivity index (χ3v) is 4.40. The normalized spacial score (nSPS) is 12.8. The summed E-state index contributed by atoms with van der Waals surface area (Å²) in [5.74, 6) is 0.153. The molecule has 0 aliphatic heterocycles. The highest BCUT2D eigenvalue weighted by Gasteiger charge is 2.15. The molecule has 1 N–H and O–H groups in total. The number of hydrogen-bond acceptors (Lipinski definition) is 3. The van der Waals surface area contributed by atoms with E-state index in [1.54, 1.807) is 26.0 Å². The number of alkyl halides is 1. The predicted octanol–water partition coefficient (Wildman–Crippen LogP) is 4.40. The Balaban J connectivity index is 2.25. The number of aromatic nitrogens is 2. The first-order valence-electron chi connectivity index (χ1n) is 6.39. The van der Waals surface area contributed by atoms with Gasteiger partial charge in [-0.15, -0.1) is 22.9 Å². The van der Waals surface area contributed by atoms with E-state index >= 15 is 0 Å². The molecule has 0 aliphatic rings. The van der Waals surface area contributed by atoms with E-state index in [0.29, 0.717) is 32.7 Å². The van der Waals surface area contributed by atoms with Gasteiger partial charge in [0.1, 0.15) is 16.5 Å². The van der Waals surface area contributed by atoms with Crippen LogP contribution in [0.2, 0.25) is 0 Å². The minimum atomic E-state index is -0.371. The van der Waals surface area contributed by atoms with Crippen molar-refractivity contribution in [3.63, 3.8) is 0 Å². The molecule has 1 aromatic carbocycles. The lowest BCUT2D eigenvalue weighted by atomic mass is 10.0. The monoisotopic (exact) mass is 322 g/mol. The summed E-state index contributed by atoms with van der Waals surface area (Å²) < 4.78 is 13.7. The smallest absolute Gasteiger partial charge is 0.260 e. The van der Waals surface area contributed by atoms with Crippen molar-refractivity contribution < 1.29 is 4.39 Å². The van der Waals surface area contributed by atoms with E-state index in [1.807, 2.05) is 5.38 Å². The van der Waals surface area contributed by atoms with Crippen LogP contribution in [0, 0.1) is 12.7 Å². The third-order valence-electron chi connectivity index (χ3n) is 3.32. The Morgan fingerprint density at radius 1 is 1.43 bits per heavy atom. The minimum Gasteiger partial charge on any atom is -0.309 e. The van der Waals surface area contributed by atoms with Crippen molar-refractivity contribution in [2.45, 2.75) is 19.2 Å². The molecule has 0 saturated heterocycles. The van der Waals surface area contributed by atoms with Crippen LogP contribution in [0.1, 0.15) is 23.7 Å². The average Bonchev–Trinajstić information content (AvgIpc) is 2.86. The van der Waals surface area contributed by atoms with Gasteiger partial charge in [0, 0.05) is 10.9 Å². The van der Waals surface area contributed by atoms with Gasteiger partial charge in [0.25, 0.3) is 5.56 Å². The summed E-state index contributed by atoms with van der Waals surface area (Å²) in [6.45, 7) is 3.45. The Morgan fingerprint density at radius 3 is 2.86 bits per heavy atom. The van der Waals surface area contributed by atoms with E-state index < -0.39 is 0 Å². The molecule has 2 aromatic heterocycles. The number of aryl methyl sites for hydroxylation is 1. The molecule has 0 bridgehead atoms. The molecular formula is C15H12ClFN2OS. The molecular weight excluding hydrogens is 311 g/mol. The molecule has 0 aliphatic carbocycles. The van der Waals surface area contributed by atoms with E-state index in [0.717, 1.165) is 0 Å². The van der Waals surface area contributed by atoms with Crippen molar-refractivity contribution in [1.29, 1.82) is 0 Å². The molecule has 0 amide bonds. The van der Waals surface area contributed by atoms with Gasteiger partial charge in [-0.2, -0.15) is 0 Å². The lowest BCUT2D eigenvalue weighted by molar-refractivity contribution is 0.619. The highest BCUT2D eigenvalue weighted by Crippen LogP contribution is 2.32. The lowest BCUT2D eigenvalue weighted by Crippen LogP contribution is -2.11. The summed E-state index contributed by atoms with van der Waals surface area (Å²) in [5.41, 5.74) is 1.68. The molecule has 2 heterocycles. The predicted molar refractivity (Wildman–Crippen MR) is 84.6 cm³/mol. The zero-order valence-electron chi connectivity index (χ0n) is 11.4. The number of H-pyrrole nitrogens is 1. The van der Waals surface area contributed by atoms with Crippen LogP contribution in [0.5, 0.6) is 0 Å². The fourth-order valence-electron chi connectivity index (χ4n) is 2.13. The first kappa shape index (κ1) is 14.2. The average molecular weight is 323 g/mol. The Hall–Kier alpha value is -1.72. The third kappa shape index (κ3) is 2.47. The number of rotatable bonds is 2. The Bertz CT molecular complexity index is 885. The van der Waals surface area contributed by atoms with Gasteiger partial charge in [0.15, 0.2) is 0 Å². The van der Waals surface area contributed by atoms with Crippen molar-refractivity contribution in [2.75, 3.05) is 0 Å². The zero-order chi connectivity index (χ0) is 15.1. The quantitative estimate of drug-likeness (QED) is 0.711. The molecule has 21 heavy (non-hydrogen) atoms. The largest absolute Gasteiger partial charge is 0.309 e. The summed E-state index contributed by atoms with van der Waals surface area (Å²) in [5, 5.41) is 1.92. The molecule has 1 atom stereocenters. The van der Waals surface area contributed by atoms with Crippen LogP contribution in [0.25, 0.3) is 21.3 Å². The summed E-state index contributed by atoms with van der Waals surface area (Å²) in [6.07, 6.45) is 0. The van der Waals surface area contributed by atoms with Crippen molar-refractivity contribution in [3.8, 4) is 11.1 Å². The molecule has 0 radical (unpaired) electrons. The molecule has 3 aromatic rings. The van der Waals surface area contributed by atoms with Gasteiger partial charge in [0.05, 0.1) is 10.8 Å². The number of nitrogens with zero attached hydrogens (tertiary/aromatic N) is 1. The van der Waals surface area contributed by atoms with E-state index in [9.17, 15) is 9.18 Å². The van der Waals surface area contributed by atoms with E-state index in [2.05, 4.69) is 9.97 Å². The van der Waals surface area contributed by atoms with Gasteiger partial charge in [-0.05, 0) is 31.0 Å². The van der Waals surface area contributed by atoms with Crippen molar-refractivity contribution in [1.82, 2.24) is 9.97 Å². The second kappa shape index (κ2) is 5.24. The summed E-state index contributed by atoms with van der Waals surface area (Å²) >= 11 is 7.31. The van der Waals surface area contributed by atoms with Crippen molar-refractivity contribution in [3.05, 3.63) is 51.1 Å². The van der Waals surface area contributed by atoms with Crippen LogP contribution >= 0.6 is 22.9 Å². The van der Waals surface area contributed by atoms with Crippen molar-refractivity contribution >= 4 is 33.2 Å². The second-order valence-corrected chi connectivity index (χ2v) is 6.37. The number of halogens is 2. The maximum atomic E-state index is 13.7. The summed E-state index contributed by atoms with van der Waals surface area (Å²) in [7, 11) is 0. The highest BCUT2D eigenvalue weighted by molar-refractivity contribution is 7.17. The number of nitrogens with one attached hydrogen (secondary N) is 1. The lowest BCUT2D eigenvalue weighted by Gasteiger charge is -2.04. The SMILES string of the molecule is Cc1ccc(-c2csc3nc(C(C)Cl)[nH]c(=O)c23)cc1F. The van der Waals surface area contributed by atoms with Crippen LogP contribution < -0.4 is 5.56 Å². The van der Waals surface area contributed by atoms with Gasteiger partial charge >= 0.3 is 0 Å². The topological polar surface area (TPSA) is 45.8 Å². The van der Waals surface area contributed by atoms with Crippen LogP contribution in [-0.4, -0.2) is 9.97 Å². The number of aromatic amines is 1. The molecule has 108 valence electrons. The molecule has 0 saturated carbocycles. The van der Waals surface area contributed by atoms with E-state index in [4.69, 9.17) is 11.6 Å². The van der Waals surface area contributed by atoms with Gasteiger partial charge in [-0.25, -0.2) is 9.37 Å². The minimum absolute atomic E-state index is 0.250. The van der Waals surface area contributed by atoms with Crippen molar-refractivity contribution in [2.24, 2.45) is 0 Å². The highest BCUT2D eigenvalue weighted by atomic mass is 35.5. The molecule has 1 unspecified atom stereocenters. The van der Waals surface area contributed by atoms with Crippen LogP contribution in [0.15, 0.2) is 28.4 Å². The first-order valence-corrected chi connectivity index (χ1v) is 7.71. The molecule has 3 nitrogen and oxygen atoms in total. The van der Waals surface area contributed by atoms with Gasteiger partial charge in [-0.1, -0.05) is 12.1 Å². The second-order valence-electron chi connectivity index (χ2n) is 4.86. The van der Waals surface area contributed by atoms with E-state index in [-0.39, 0.29) is 16.8 Å². The number of hydrogen-bond donors (Lipinski definition) is 1. The van der Waals surface area contributed by atoms with Crippen LogP contribution in [0.3, 0.4) is 0 Å². The summed E-state index contributed by atoms with van der Waals surface area (Å²) in [6, 6.07) is 4.94. The van der Waals surface area contributed by atoms with Gasteiger partial charge in [-0.3, -0.25) is 4.79 Å². The fraction of sp³-hybridized carbons (Fsp3) is 0.200. The fourth-order valence-corrected chi connectivity index (χ4v) is 3.19. The number of thiophene rings is 1. The molecule has 0 fully saturated rings. The zero-order valence-corrected chi connectivity index (χ0v) is 13.0. The van der Waals surface area contributed by atoms with Crippen LogP contribution in [-0.2, 0) is 0 Å². The van der Waals surface area contributed by atoms with Crippen LogP contribution in [0.4, 0.5) is 4.39 Å². The number of fused-ring (bicyclic) bond motifs is 1. The molecule has 0 spiro atoms. The number of benzene rings is 1. The van der Waals surface area contributed by atoms with Gasteiger partial charge < -0.3 is 4.98 Å². The van der Waals surface area contributed by atoms with Gasteiger partial charge in [0.2, 0.25) is 0 Å². The Labute approximate surface area is 129 Å². The maximum absolute atomic E-state index is 13.7. The Morgan fingerprint density at radius 2 is 2.19 bits per heavy atom. The Kier molecular flexibility index (Phi) is 3.55. The standard InChI is InChI=1S/C15H12ClFN2OS/c1-7-3-4-9(5-11(7)17)10-6-21-15-12(10)14(20)18-13(19-15)8(2)16/h3-6,8H,1-2H3,(H,18,19,20). The first-order chi connectivity index (χ1) is 9.97. The van der Waals surface area contributed by atoms with E-state index in [1.165, 1.54) is 17.4 Å².